The molecule has 4 N–H and O–H groups in total. The number of nitrogen functional groups attached to an aromatic ring is 2. The molecule has 0 spiro atoms. The van der Waals surface area contributed by atoms with Crippen LogP contribution < -0.4 is 11.5 Å². The lowest BCUT2D eigenvalue weighted by Gasteiger charge is -2.05. The molecule has 2 aromatic rings. The summed E-state index contributed by atoms with van der Waals surface area (Å²) in [6, 6.07) is 10.4. The van der Waals surface area contributed by atoms with Crippen LogP contribution in [0.3, 0.4) is 0 Å². The minimum atomic E-state index is 0.495. The molecule has 1 heterocycles. The van der Waals surface area contributed by atoms with E-state index in [1.165, 1.54) is 0 Å². The van der Waals surface area contributed by atoms with Crippen molar-refractivity contribution >= 4 is 39.2 Å². The monoisotopic (exact) mass is 294 g/mol. The summed E-state index contributed by atoms with van der Waals surface area (Å²) >= 11 is 4.96. The first-order valence-electron chi connectivity index (χ1n) is 4.51. The van der Waals surface area contributed by atoms with Crippen LogP contribution in [-0.2, 0) is 0 Å². The van der Waals surface area contributed by atoms with E-state index in [-0.39, 0.29) is 0 Å². The van der Waals surface area contributed by atoms with E-state index >= 15 is 0 Å². The Balaban J connectivity index is 2.30. The van der Waals surface area contributed by atoms with Crippen molar-refractivity contribution < 1.29 is 0 Å². The number of anilines is 2. The standard InChI is InChI=1S/C11H9BrN3S/c12-9-6-15-11(14)5-10(9)16-8-3-1-2-7(13)4-8/h1-2,4-6H,13H2,(H2,14,15). The van der Waals surface area contributed by atoms with Crippen LogP contribution in [0.1, 0.15) is 0 Å². The number of benzene rings is 1. The van der Waals surface area contributed by atoms with Gasteiger partial charge in [0, 0.05) is 26.1 Å². The van der Waals surface area contributed by atoms with Crippen LogP contribution in [0.5, 0.6) is 0 Å². The van der Waals surface area contributed by atoms with E-state index in [1.54, 1.807) is 30.1 Å². The maximum Gasteiger partial charge on any atom is 0.124 e. The maximum atomic E-state index is 5.70. The highest BCUT2D eigenvalue weighted by atomic mass is 79.9. The zero-order valence-corrected chi connectivity index (χ0v) is 10.7. The molecule has 0 aliphatic rings. The molecule has 2 rings (SSSR count). The molecule has 0 aliphatic carbocycles. The summed E-state index contributed by atoms with van der Waals surface area (Å²) in [5.41, 5.74) is 12.1. The van der Waals surface area contributed by atoms with Crippen LogP contribution in [0.2, 0.25) is 0 Å². The van der Waals surface area contributed by atoms with Gasteiger partial charge in [-0.25, -0.2) is 4.98 Å². The van der Waals surface area contributed by atoms with Gasteiger partial charge in [0.05, 0.1) is 0 Å². The van der Waals surface area contributed by atoms with Crippen LogP contribution in [0.15, 0.2) is 44.7 Å². The Morgan fingerprint density at radius 1 is 1.31 bits per heavy atom. The van der Waals surface area contributed by atoms with Crippen molar-refractivity contribution in [2.45, 2.75) is 9.79 Å². The molecule has 81 valence electrons. The third-order valence-corrected chi connectivity index (χ3v) is 3.77. The third-order valence-electron chi connectivity index (χ3n) is 1.86. The van der Waals surface area contributed by atoms with E-state index in [4.69, 9.17) is 11.5 Å². The van der Waals surface area contributed by atoms with Crippen molar-refractivity contribution in [3.63, 3.8) is 0 Å². The fraction of sp³-hybridized carbons (Fsp3) is 0. The summed E-state index contributed by atoms with van der Waals surface area (Å²) in [7, 11) is 0. The number of pyridine rings is 1. The molecular formula is C11H9BrN3S. The molecule has 0 saturated heterocycles. The zero-order valence-electron chi connectivity index (χ0n) is 8.27. The first-order chi connectivity index (χ1) is 7.65. The lowest BCUT2D eigenvalue weighted by atomic mass is 10.3. The Kier molecular flexibility index (Phi) is 3.36. The van der Waals surface area contributed by atoms with E-state index in [1.807, 2.05) is 12.1 Å². The number of nitrogens with zero attached hydrogens (tertiary/aromatic N) is 1. The highest BCUT2D eigenvalue weighted by molar-refractivity contribution is 9.10. The Hall–Kier alpha value is -1.20. The predicted molar refractivity (Wildman–Crippen MR) is 70.2 cm³/mol. The number of nitrogens with two attached hydrogens (primary N) is 2. The van der Waals surface area contributed by atoms with Crippen LogP contribution in [0.25, 0.3) is 0 Å². The summed E-state index contributed by atoms with van der Waals surface area (Å²) in [6.07, 6.45) is 1.68. The van der Waals surface area contributed by atoms with Gasteiger partial charge in [-0.2, -0.15) is 0 Å². The second-order valence-electron chi connectivity index (χ2n) is 3.13. The molecule has 16 heavy (non-hydrogen) atoms. The van der Waals surface area contributed by atoms with Gasteiger partial charge >= 0.3 is 0 Å². The molecule has 0 atom stereocenters. The summed E-state index contributed by atoms with van der Waals surface area (Å²) < 4.78 is 0.905. The molecule has 0 aliphatic heterocycles. The van der Waals surface area contributed by atoms with Crippen molar-refractivity contribution in [3.8, 4) is 0 Å². The molecule has 0 bridgehead atoms. The topological polar surface area (TPSA) is 64.9 Å². The Morgan fingerprint density at radius 3 is 2.88 bits per heavy atom. The molecule has 0 unspecified atom stereocenters. The maximum absolute atomic E-state index is 5.70. The Morgan fingerprint density at radius 2 is 2.12 bits per heavy atom. The van der Waals surface area contributed by atoms with Gasteiger partial charge in [-0.3, -0.25) is 0 Å². The van der Waals surface area contributed by atoms with E-state index < -0.39 is 0 Å². The molecule has 1 aromatic carbocycles. The molecule has 0 amide bonds. The van der Waals surface area contributed by atoms with Crippen molar-refractivity contribution in [3.05, 3.63) is 41.0 Å². The van der Waals surface area contributed by atoms with Gasteiger partial charge in [0.1, 0.15) is 5.82 Å². The Labute approximate surface area is 106 Å². The molecule has 3 nitrogen and oxygen atoms in total. The van der Waals surface area contributed by atoms with E-state index in [2.05, 4.69) is 27.0 Å². The summed E-state index contributed by atoms with van der Waals surface area (Å²) in [5.74, 6) is 0.495. The summed E-state index contributed by atoms with van der Waals surface area (Å²) in [4.78, 5) is 5.93. The number of halogens is 1. The van der Waals surface area contributed by atoms with Gasteiger partial charge in [-0.15, -0.1) is 0 Å². The molecule has 5 heteroatoms. The van der Waals surface area contributed by atoms with Crippen LogP contribution in [-0.4, -0.2) is 4.98 Å². The number of aromatic nitrogens is 1. The lowest BCUT2D eigenvalue weighted by Crippen LogP contribution is -1.90. The van der Waals surface area contributed by atoms with Gasteiger partial charge in [0.25, 0.3) is 0 Å². The second-order valence-corrected chi connectivity index (χ2v) is 5.07. The van der Waals surface area contributed by atoms with Gasteiger partial charge in [-0.1, -0.05) is 17.8 Å². The van der Waals surface area contributed by atoms with Crippen LogP contribution >= 0.6 is 27.7 Å². The molecule has 1 aromatic heterocycles. The highest BCUT2D eigenvalue weighted by Gasteiger charge is 2.04. The fourth-order valence-corrected chi connectivity index (χ4v) is 2.50. The zero-order chi connectivity index (χ0) is 11.5. The average Bonchev–Trinajstić information content (AvgIpc) is 2.24. The quantitative estimate of drug-likeness (QED) is 0.836. The normalized spacial score (nSPS) is 10.3. The number of hydrogen-bond donors (Lipinski definition) is 2. The van der Waals surface area contributed by atoms with Crippen LogP contribution in [0.4, 0.5) is 11.5 Å². The first kappa shape index (κ1) is 11.3. The smallest absolute Gasteiger partial charge is 0.124 e. The van der Waals surface area contributed by atoms with Gasteiger partial charge in [0.2, 0.25) is 0 Å². The highest BCUT2D eigenvalue weighted by Crippen LogP contribution is 2.34. The lowest BCUT2D eigenvalue weighted by molar-refractivity contribution is 1.24. The predicted octanol–water partition coefficient (Wildman–Crippen LogP) is 2.96. The summed E-state index contributed by atoms with van der Waals surface area (Å²) in [5, 5.41) is 0. The van der Waals surface area contributed by atoms with Crippen molar-refractivity contribution in [1.82, 2.24) is 4.98 Å². The fourth-order valence-electron chi connectivity index (χ4n) is 1.15. The number of rotatable bonds is 2. The first-order valence-corrected chi connectivity index (χ1v) is 6.12. The van der Waals surface area contributed by atoms with Gasteiger partial charge in [-0.05, 0) is 40.2 Å². The minimum absolute atomic E-state index is 0.495. The van der Waals surface area contributed by atoms with Crippen LogP contribution in [0, 0.1) is 6.07 Å². The van der Waals surface area contributed by atoms with Gasteiger partial charge < -0.3 is 11.5 Å². The number of hydrogen-bond acceptors (Lipinski definition) is 4. The second kappa shape index (κ2) is 4.76. The minimum Gasteiger partial charge on any atom is -0.399 e. The van der Waals surface area contributed by atoms with E-state index in [9.17, 15) is 0 Å². The Bertz CT molecular complexity index is 516. The van der Waals surface area contributed by atoms with Gasteiger partial charge in [0.15, 0.2) is 0 Å². The average molecular weight is 295 g/mol. The molecule has 0 fully saturated rings. The molecule has 0 saturated carbocycles. The molecular weight excluding hydrogens is 286 g/mol. The molecule has 1 radical (unpaired) electrons. The summed E-state index contributed by atoms with van der Waals surface area (Å²) in [6.45, 7) is 0. The van der Waals surface area contributed by atoms with Crippen molar-refractivity contribution in [2.75, 3.05) is 11.5 Å². The largest absolute Gasteiger partial charge is 0.399 e. The third kappa shape index (κ3) is 2.68. The van der Waals surface area contributed by atoms with Crippen molar-refractivity contribution in [2.24, 2.45) is 0 Å². The van der Waals surface area contributed by atoms with Crippen molar-refractivity contribution in [1.29, 1.82) is 0 Å². The van der Waals surface area contributed by atoms with E-state index in [0.29, 0.717) is 5.82 Å². The van der Waals surface area contributed by atoms with E-state index in [0.717, 1.165) is 20.0 Å². The SMILES string of the molecule is Nc1cc[c]c(Sc2cc(N)ncc2Br)c1.